The highest BCUT2D eigenvalue weighted by Crippen LogP contribution is 2.26. The molecule has 22 heavy (non-hydrogen) atoms. The molecule has 0 aliphatic rings. The van der Waals surface area contributed by atoms with Gasteiger partial charge in [-0.25, -0.2) is 0 Å². The van der Waals surface area contributed by atoms with Crippen molar-refractivity contribution in [1.82, 2.24) is 0 Å². The second kappa shape index (κ2) is 7.26. The molecule has 0 bridgehead atoms. The third-order valence-electron chi connectivity index (χ3n) is 3.04. The van der Waals surface area contributed by atoms with Crippen LogP contribution >= 0.6 is 0 Å². The normalized spacial score (nSPS) is 10.1. The van der Waals surface area contributed by atoms with Gasteiger partial charge in [-0.15, -0.1) is 0 Å². The maximum Gasteiger partial charge on any atom is 0.324 e. The summed E-state index contributed by atoms with van der Waals surface area (Å²) >= 11 is 0. The van der Waals surface area contributed by atoms with Gasteiger partial charge < -0.3 is 14.2 Å². The van der Waals surface area contributed by atoms with Gasteiger partial charge in [0.2, 0.25) is 0 Å². The largest absolute Gasteiger partial charge is 0.468 e. The predicted octanol–water partition coefficient (Wildman–Crippen LogP) is 2.91. The van der Waals surface area contributed by atoms with Crippen LogP contribution < -0.4 is 4.74 Å². The zero-order chi connectivity index (χ0) is 15.9. The lowest BCUT2D eigenvalue weighted by Gasteiger charge is -2.14. The lowest BCUT2D eigenvalue weighted by atomic mass is 9.99. The van der Waals surface area contributed by atoms with Crippen molar-refractivity contribution in [3.05, 3.63) is 60.2 Å². The summed E-state index contributed by atoms with van der Waals surface area (Å²) < 4.78 is 15.0. The van der Waals surface area contributed by atoms with Crippen LogP contribution in [-0.4, -0.2) is 26.2 Å². The molecule has 114 valence electrons. The average Bonchev–Trinajstić information content (AvgIpc) is 2.56. The van der Waals surface area contributed by atoms with E-state index in [1.54, 1.807) is 24.3 Å². The molecule has 0 spiro atoms. The van der Waals surface area contributed by atoms with Gasteiger partial charge in [0.05, 0.1) is 14.2 Å². The topological polar surface area (TPSA) is 61.8 Å². The highest BCUT2D eigenvalue weighted by atomic mass is 16.5. The summed E-state index contributed by atoms with van der Waals surface area (Å²) in [6, 6.07) is 15.9. The molecule has 2 rings (SSSR count). The van der Waals surface area contributed by atoms with E-state index in [1.807, 2.05) is 30.3 Å². The van der Waals surface area contributed by atoms with Crippen LogP contribution in [0.25, 0.3) is 0 Å². The molecule has 0 aromatic heterocycles. The van der Waals surface area contributed by atoms with Gasteiger partial charge >= 0.3 is 11.9 Å². The first-order chi connectivity index (χ1) is 10.7. The number of para-hydroxylation sites is 1. The zero-order valence-corrected chi connectivity index (χ0v) is 12.3. The molecule has 0 amide bonds. The van der Waals surface area contributed by atoms with Crippen LogP contribution in [0.3, 0.4) is 0 Å². The first-order valence-corrected chi connectivity index (χ1v) is 6.64. The quantitative estimate of drug-likeness (QED) is 0.627. The Bertz CT molecular complexity index is 635. The van der Waals surface area contributed by atoms with Crippen LogP contribution in [0.15, 0.2) is 54.6 Å². The van der Waals surface area contributed by atoms with Crippen LogP contribution in [-0.2, 0) is 19.1 Å². The molecular formula is C17H16O5. The van der Waals surface area contributed by atoms with E-state index < -0.39 is 17.9 Å². The number of ether oxygens (including phenoxy) is 3. The summed E-state index contributed by atoms with van der Waals surface area (Å²) in [4.78, 5) is 23.6. The first-order valence-electron chi connectivity index (χ1n) is 6.64. The van der Waals surface area contributed by atoms with Gasteiger partial charge in [-0.1, -0.05) is 30.3 Å². The minimum atomic E-state index is -1.13. The van der Waals surface area contributed by atoms with E-state index in [2.05, 4.69) is 9.47 Å². The van der Waals surface area contributed by atoms with E-state index in [0.717, 1.165) is 0 Å². The number of methoxy groups -OCH3 is 2. The molecule has 0 heterocycles. The molecule has 0 unspecified atom stereocenters. The average molecular weight is 300 g/mol. The van der Waals surface area contributed by atoms with Crippen molar-refractivity contribution in [1.29, 1.82) is 0 Å². The van der Waals surface area contributed by atoms with Crippen LogP contribution in [0.1, 0.15) is 11.5 Å². The minimum absolute atomic E-state index is 0.451. The predicted molar refractivity (Wildman–Crippen MR) is 79.7 cm³/mol. The lowest BCUT2D eigenvalue weighted by molar-refractivity contribution is -0.154. The van der Waals surface area contributed by atoms with E-state index in [1.165, 1.54) is 14.2 Å². The molecule has 5 nitrogen and oxygen atoms in total. The summed E-state index contributed by atoms with van der Waals surface area (Å²) in [5.41, 5.74) is 0.451. The van der Waals surface area contributed by atoms with Gasteiger partial charge in [-0.2, -0.15) is 0 Å². The van der Waals surface area contributed by atoms with Crippen molar-refractivity contribution in [3.63, 3.8) is 0 Å². The van der Waals surface area contributed by atoms with Gasteiger partial charge in [0.15, 0.2) is 5.92 Å². The molecule has 2 aromatic rings. The maximum absolute atomic E-state index is 11.8. The molecule has 0 atom stereocenters. The van der Waals surface area contributed by atoms with Gasteiger partial charge in [0, 0.05) is 0 Å². The van der Waals surface area contributed by atoms with Crippen molar-refractivity contribution in [2.24, 2.45) is 0 Å². The standard InChI is InChI=1S/C17H16O5/c1-20-16(18)15(17(19)21-2)12-7-6-10-14(11-12)22-13-8-4-3-5-9-13/h3-11,15H,1-2H3. The fourth-order valence-corrected chi connectivity index (χ4v) is 1.99. The number of benzene rings is 2. The van der Waals surface area contributed by atoms with Crippen LogP contribution in [0, 0.1) is 0 Å². The number of carbonyl (C=O) groups excluding carboxylic acids is 2. The summed E-state index contributed by atoms with van der Waals surface area (Å²) in [6.45, 7) is 0. The first kappa shape index (κ1) is 15.6. The summed E-state index contributed by atoms with van der Waals surface area (Å²) in [7, 11) is 2.45. The molecule has 0 aliphatic heterocycles. The Morgan fingerprint density at radius 3 is 2.00 bits per heavy atom. The van der Waals surface area contributed by atoms with Crippen molar-refractivity contribution in [2.45, 2.75) is 5.92 Å². The third-order valence-corrected chi connectivity index (χ3v) is 3.04. The number of hydrogen-bond donors (Lipinski definition) is 0. The van der Waals surface area contributed by atoms with E-state index in [-0.39, 0.29) is 0 Å². The molecule has 0 saturated heterocycles. The second-order valence-corrected chi connectivity index (χ2v) is 4.47. The number of hydrogen-bond acceptors (Lipinski definition) is 5. The Kier molecular flexibility index (Phi) is 5.14. The molecule has 5 heteroatoms. The Balaban J connectivity index is 2.29. The lowest BCUT2D eigenvalue weighted by Crippen LogP contribution is -2.24. The monoisotopic (exact) mass is 300 g/mol. The number of rotatable bonds is 5. The summed E-state index contributed by atoms with van der Waals surface area (Å²) in [6.07, 6.45) is 0. The van der Waals surface area contributed by atoms with Gasteiger partial charge in [0.1, 0.15) is 11.5 Å². The molecule has 0 aliphatic carbocycles. The highest BCUT2D eigenvalue weighted by Gasteiger charge is 2.30. The molecule has 0 saturated carbocycles. The van der Waals surface area contributed by atoms with E-state index in [0.29, 0.717) is 17.1 Å². The summed E-state index contributed by atoms with van der Waals surface area (Å²) in [5.74, 6) is -1.31. The van der Waals surface area contributed by atoms with E-state index in [9.17, 15) is 9.59 Å². The van der Waals surface area contributed by atoms with Crippen molar-refractivity contribution < 1.29 is 23.8 Å². The van der Waals surface area contributed by atoms with Crippen molar-refractivity contribution in [3.8, 4) is 11.5 Å². The molecule has 0 N–H and O–H groups in total. The molecule has 0 fully saturated rings. The maximum atomic E-state index is 11.8. The second-order valence-electron chi connectivity index (χ2n) is 4.47. The van der Waals surface area contributed by atoms with Crippen LogP contribution in [0.5, 0.6) is 11.5 Å². The van der Waals surface area contributed by atoms with Crippen LogP contribution in [0.4, 0.5) is 0 Å². The van der Waals surface area contributed by atoms with Crippen molar-refractivity contribution in [2.75, 3.05) is 14.2 Å². The highest BCUT2D eigenvalue weighted by molar-refractivity contribution is 6.00. The molecule has 0 radical (unpaired) electrons. The van der Waals surface area contributed by atoms with Gasteiger partial charge in [0.25, 0.3) is 0 Å². The smallest absolute Gasteiger partial charge is 0.324 e. The van der Waals surface area contributed by atoms with Gasteiger partial charge in [-0.3, -0.25) is 9.59 Å². The third kappa shape index (κ3) is 3.63. The fraction of sp³-hybridized carbons (Fsp3) is 0.176. The Labute approximate surface area is 128 Å². The van der Waals surface area contributed by atoms with E-state index >= 15 is 0 Å². The Morgan fingerprint density at radius 2 is 1.41 bits per heavy atom. The molecule has 2 aromatic carbocycles. The Hall–Kier alpha value is -2.82. The summed E-state index contributed by atoms with van der Waals surface area (Å²) in [5, 5.41) is 0. The van der Waals surface area contributed by atoms with Gasteiger partial charge in [-0.05, 0) is 29.8 Å². The minimum Gasteiger partial charge on any atom is -0.468 e. The SMILES string of the molecule is COC(=O)C(C(=O)OC)c1cccc(Oc2ccccc2)c1. The Morgan fingerprint density at radius 1 is 0.818 bits per heavy atom. The number of carbonyl (C=O) groups is 2. The van der Waals surface area contributed by atoms with Crippen LogP contribution in [0.2, 0.25) is 0 Å². The zero-order valence-electron chi connectivity index (χ0n) is 12.3. The number of esters is 2. The fourth-order valence-electron chi connectivity index (χ4n) is 1.99. The molecular weight excluding hydrogens is 284 g/mol. The van der Waals surface area contributed by atoms with Crippen molar-refractivity contribution >= 4 is 11.9 Å². The van der Waals surface area contributed by atoms with E-state index in [4.69, 9.17) is 4.74 Å².